The number of halogens is 2. The molecule has 2 aliphatic heterocycles. The van der Waals surface area contributed by atoms with Crippen LogP contribution in [0.25, 0.3) is 10.2 Å². The average Bonchev–Trinajstić information content (AvgIpc) is 3.18. The van der Waals surface area contributed by atoms with Gasteiger partial charge in [0.05, 0.1) is 10.2 Å². The normalized spacial score (nSPS) is 19.9. The number of piperidine rings is 1. The zero-order valence-electron chi connectivity index (χ0n) is 16.9. The maximum atomic E-state index is 6.63. The predicted octanol–water partition coefficient (Wildman–Crippen LogP) is 5.47. The van der Waals surface area contributed by atoms with Crippen LogP contribution >= 0.6 is 36.2 Å². The van der Waals surface area contributed by atoms with Crippen LogP contribution in [0.1, 0.15) is 31.2 Å². The third-order valence-electron chi connectivity index (χ3n) is 6.24. The van der Waals surface area contributed by atoms with Crippen LogP contribution in [0.3, 0.4) is 0 Å². The van der Waals surface area contributed by atoms with Crippen LogP contribution in [0.2, 0.25) is 0 Å². The second-order valence-electron chi connectivity index (χ2n) is 8.07. The Balaban J connectivity index is 0.00000128. The van der Waals surface area contributed by atoms with Crippen LogP contribution in [0.5, 0.6) is 5.75 Å². The highest BCUT2D eigenvalue weighted by Gasteiger charge is 2.29. The monoisotopic (exact) mass is 465 g/mol. The summed E-state index contributed by atoms with van der Waals surface area (Å²) in [5.41, 5.74) is 9.07. The first kappa shape index (κ1) is 23.1. The number of nitrogens with zero attached hydrogens (tertiary/aromatic N) is 2. The Morgan fingerprint density at radius 1 is 1.03 bits per heavy atom. The van der Waals surface area contributed by atoms with Crippen molar-refractivity contribution in [1.29, 1.82) is 0 Å². The predicted molar refractivity (Wildman–Crippen MR) is 131 cm³/mol. The quantitative estimate of drug-likeness (QED) is 0.554. The molecule has 3 heterocycles. The topological polar surface area (TPSA) is 51.4 Å². The molecule has 4 nitrogen and oxygen atoms in total. The van der Waals surface area contributed by atoms with E-state index in [0.717, 1.165) is 61.6 Å². The number of thiazole rings is 1. The highest BCUT2D eigenvalue weighted by atomic mass is 35.5. The molecule has 2 atom stereocenters. The number of benzene rings is 2. The van der Waals surface area contributed by atoms with Crippen molar-refractivity contribution in [3.05, 3.63) is 54.1 Å². The standard InChI is InChI=1S/C23H27N3OS.2ClH/c24-19(15-18-10-9-17-5-1-3-7-21(17)27-18)16-11-13-26(14-12-16)23-25-20-6-2-4-8-22(20)28-23;;/h1-8,16,18-19H,9-15,24H2;2*1H. The lowest BCUT2D eigenvalue weighted by atomic mass is 9.85. The second kappa shape index (κ2) is 10.2. The molecule has 0 amide bonds. The van der Waals surface area contributed by atoms with E-state index in [1.165, 1.54) is 10.3 Å². The lowest BCUT2D eigenvalue weighted by Gasteiger charge is -2.36. The molecule has 162 valence electrons. The van der Waals surface area contributed by atoms with Gasteiger partial charge in [0.1, 0.15) is 11.9 Å². The number of hydrogen-bond acceptors (Lipinski definition) is 5. The van der Waals surface area contributed by atoms with Gasteiger partial charge in [-0.05, 0) is 61.8 Å². The largest absolute Gasteiger partial charge is 0.490 e. The maximum Gasteiger partial charge on any atom is 0.186 e. The fourth-order valence-corrected chi connectivity index (χ4v) is 5.57. The molecule has 0 spiro atoms. The molecule has 0 aliphatic carbocycles. The molecule has 7 heteroatoms. The number of nitrogens with two attached hydrogens (primary N) is 1. The van der Waals surface area contributed by atoms with Crippen molar-refractivity contribution in [2.75, 3.05) is 18.0 Å². The van der Waals surface area contributed by atoms with Crippen molar-refractivity contribution in [3.63, 3.8) is 0 Å². The van der Waals surface area contributed by atoms with Crippen molar-refractivity contribution in [3.8, 4) is 5.75 Å². The van der Waals surface area contributed by atoms with E-state index in [1.54, 1.807) is 11.3 Å². The van der Waals surface area contributed by atoms with E-state index >= 15 is 0 Å². The lowest BCUT2D eigenvalue weighted by molar-refractivity contribution is 0.141. The minimum atomic E-state index is 0. The molecule has 1 fully saturated rings. The van der Waals surface area contributed by atoms with E-state index in [-0.39, 0.29) is 37.0 Å². The summed E-state index contributed by atoms with van der Waals surface area (Å²) < 4.78 is 7.49. The first-order valence-corrected chi connectivity index (χ1v) is 11.2. The van der Waals surface area contributed by atoms with Gasteiger partial charge in [-0.1, -0.05) is 41.7 Å². The molecule has 0 saturated carbocycles. The van der Waals surface area contributed by atoms with Crippen molar-refractivity contribution in [2.45, 2.75) is 44.2 Å². The number of aromatic nitrogens is 1. The molecule has 2 aliphatic rings. The van der Waals surface area contributed by atoms with Gasteiger partial charge in [-0.15, -0.1) is 24.8 Å². The van der Waals surface area contributed by atoms with E-state index in [1.807, 2.05) is 0 Å². The van der Waals surface area contributed by atoms with E-state index in [9.17, 15) is 0 Å². The number of anilines is 1. The van der Waals surface area contributed by atoms with Crippen LogP contribution in [0.4, 0.5) is 5.13 Å². The first-order valence-electron chi connectivity index (χ1n) is 10.4. The third kappa shape index (κ3) is 4.86. The fourth-order valence-electron chi connectivity index (χ4n) is 4.56. The van der Waals surface area contributed by atoms with Gasteiger partial charge < -0.3 is 15.4 Å². The smallest absolute Gasteiger partial charge is 0.186 e. The Kier molecular flexibility index (Phi) is 7.86. The van der Waals surface area contributed by atoms with Gasteiger partial charge in [0, 0.05) is 19.1 Å². The molecule has 2 N–H and O–H groups in total. The Morgan fingerprint density at radius 3 is 2.57 bits per heavy atom. The summed E-state index contributed by atoms with van der Waals surface area (Å²) in [5, 5.41) is 1.15. The SMILES string of the molecule is Cl.Cl.NC(CC1CCc2ccccc2O1)C1CCN(c2nc3ccccc3s2)CC1. The van der Waals surface area contributed by atoms with E-state index in [0.29, 0.717) is 5.92 Å². The number of para-hydroxylation sites is 2. The van der Waals surface area contributed by atoms with Crippen LogP contribution in [-0.4, -0.2) is 30.2 Å². The van der Waals surface area contributed by atoms with Gasteiger partial charge >= 0.3 is 0 Å². The van der Waals surface area contributed by atoms with Crippen molar-refractivity contribution in [2.24, 2.45) is 11.7 Å². The minimum absolute atomic E-state index is 0. The zero-order valence-corrected chi connectivity index (χ0v) is 19.4. The van der Waals surface area contributed by atoms with Crippen molar-refractivity contribution >= 4 is 51.5 Å². The van der Waals surface area contributed by atoms with Crippen LogP contribution < -0.4 is 15.4 Å². The van der Waals surface area contributed by atoms with Crippen molar-refractivity contribution < 1.29 is 4.74 Å². The summed E-state index contributed by atoms with van der Waals surface area (Å²) in [6.45, 7) is 2.10. The highest BCUT2D eigenvalue weighted by Crippen LogP contribution is 2.33. The molecule has 5 rings (SSSR count). The summed E-state index contributed by atoms with van der Waals surface area (Å²) >= 11 is 1.80. The van der Waals surface area contributed by atoms with Crippen LogP contribution in [-0.2, 0) is 6.42 Å². The van der Waals surface area contributed by atoms with Gasteiger partial charge in [-0.3, -0.25) is 0 Å². The van der Waals surface area contributed by atoms with Crippen molar-refractivity contribution in [1.82, 2.24) is 4.98 Å². The van der Waals surface area contributed by atoms with Gasteiger partial charge in [-0.25, -0.2) is 4.98 Å². The highest BCUT2D eigenvalue weighted by molar-refractivity contribution is 7.22. The number of rotatable bonds is 4. The zero-order chi connectivity index (χ0) is 18.9. The fraction of sp³-hybridized carbons (Fsp3) is 0.435. The number of aryl methyl sites for hydroxylation is 1. The number of hydrogen-bond donors (Lipinski definition) is 1. The molecule has 3 aromatic rings. The summed E-state index contributed by atoms with van der Waals surface area (Å²) in [6.07, 6.45) is 5.67. The van der Waals surface area contributed by atoms with Gasteiger partial charge in [0.15, 0.2) is 5.13 Å². The average molecular weight is 466 g/mol. The first-order chi connectivity index (χ1) is 13.8. The Bertz CT molecular complexity index is 925. The van der Waals surface area contributed by atoms with Crippen LogP contribution in [0.15, 0.2) is 48.5 Å². The van der Waals surface area contributed by atoms with Gasteiger partial charge in [0.25, 0.3) is 0 Å². The third-order valence-corrected chi connectivity index (χ3v) is 7.33. The summed E-state index contributed by atoms with van der Waals surface area (Å²) in [7, 11) is 0. The molecular formula is C23H29Cl2N3OS. The summed E-state index contributed by atoms with van der Waals surface area (Å²) in [5.74, 6) is 1.63. The minimum Gasteiger partial charge on any atom is -0.490 e. The molecule has 30 heavy (non-hydrogen) atoms. The van der Waals surface area contributed by atoms with E-state index in [2.05, 4.69) is 53.4 Å². The Labute approximate surface area is 194 Å². The second-order valence-corrected chi connectivity index (χ2v) is 9.08. The summed E-state index contributed by atoms with van der Waals surface area (Å²) in [6, 6.07) is 17.0. The Hall–Kier alpha value is -1.53. The van der Waals surface area contributed by atoms with E-state index < -0.39 is 0 Å². The molecule has 2 aromatic carbocycles. The molecule has 1 aromatic heterocycles. The van der Waals surface area contributed by atoms with E-state index in [4.69, 9.17) is 15.5 Å². The molecule has 0 bridgehead atoms. The summed E-state index contributed by atoms with van der Waals surface area (Å²) in [4.78, 5) is 7.25. The molecule has 0 radical (unpaired) electrons. The van der Waals surface area contributed by atoms with Gasteiger partial charge in [0.2, 0.25) is 0 Å². The molecule has 1 saturated heterocycles. The molecular weight excluding hydrogens is 437 g/mol. The lowest BCUT2D eigenvalue weighted by Crippen LogP contribution is -2.43. The number of ether oxygens (including phenoxy) is 1. The van der Waals surface area contributed by atoms with Crippen LogP contribution in [0, 0.1) is 5.92 Å². The Morgan fingerprint density at radius 2 is 1.77 bits per heavy atom. The maximum absolute atomic E-state index is 6.63. The van der Waals surface area contributed by atoms with Gasteiger partial charge in [-0.2, -0.15) is 0 Å². The number of fused-ring (bicyclic) bond motifs is 2. The molecule has 2 unspecified atom stereocenters.